The number of carbonyl (C=O) groups excluding carboxylic acids is 1. The van der Waals surface area contributed by atoms with E-state index in [1.807, 2.05) is 57.2 Å². The second-order valence-corrected chi connectivity index (χ2v) is 10.3. The highest BCUT2D eigenvalue weighted by atomic mass is 32.2. The van der Waals surface area contributed by atoms with E-state index in [1.165, 1.54) is 0 Å². The highest BCUT2D eigenvalue weighted by molar-refractivity contribution is 7.99. The van der Waals surface area contributed by atoms with Gasteiger partial charge in [-0.05, 0) is 44.7 Å². The zero-order valence-corrected chi connectivity index (χ0v) is 21.4. The maximum atomic E-state index is 13.5. The van der Waals surface area contributed by atoms with E-state index >= 15 is 0 Å². The van der Waals surface area contributed by atoms with Gasteiger partial charge in [0.05, 0.1) is 5.69 Å². The first kappa shape index (κ1) is 24.2. The molecule has 2 heterocycles. The zero-order chi connectivity index (χ0) is 24.2. The largest absolute Gasteiger partial charge is 0.447 e. The highest BCUT2D eigenvalue weighted by Crippen LogP contribution is 2.44. The summed E-state index contributed by atoms with van der Waals surface area (Å²) in [7, 11) is 0. The molecule has 0 spiro atoms. The first-order valence-electron chi connectivity index (χ1n) is 11.9. The molecule has 0 radical (unpaired) electrons. The maximum Gasteiger partial charge on any atom is 0.247 e. The summed E-state index contributed by atoms with van der Waals surface area (Å²) in [6, 6.07) is 14.1. The minimum Gasteiger partial charge on any atom is -0.447 e. The molecule has 7 heteroatoms. The van der Waals surface area contributed by atoms with Crippen LogP contribution in [-0.2, 0) is 4.79 Å². The Morgan fingerprint density at radius 2 is 1.91 bits per heavy atom. The summed E-state index contributed by atoms with van der Waals surface area (Å²) >= 11 is 1.58. The van der Waals surface area contributed by atoms with Crippen molar-refractivity contribution in [3.8, 4) is 17.1 Å². The van der Waals surface area contributed by atoms with Gasteiger partial charge in [-0.1, -0.05) is 74.0 Å². The fourth-order valence-electron chi connectivity index (χ4n) is 3.97. The molecule has 0 bridgehead atoms. The number of nitrogens with zero attached hydrogens (tertiary/aromatic N) is 4. The van der Waals surface area contributed by atoms with E-state index < -0.39 is 6.23 Å². The zero-order valence-electron chi connectivity index (χ0n) is 20.5. The Labute approximate surface area is 206 Å². The number of thioether (sulfide) groups is 1. The lowest BCUT2D eigenvalue weighted by molar-refractivity contribution is -0.120. The molecule has 0 saturated carbocycles. The van der Waals surface area contributed by atoms with Crippen LogP contribution in [0.25, 0.3) is 11.3 Å². The molecule has 6 nitrogen and oxygen atoms in total. The highest BCUT2D eigenvalue weighted by Gasteiger charge is 2.35. The molecule has 1 aliphatic heterocycles. The van der Waals surface area contributed by atoms with E-state index in [9.17, 15) is 4.79 Å². The molecule has 1 aromatic heterocycles. The second kappa shape index (κ2) is 10.6. The van der Waals surface area contributed by atoms with Crippen molar-refractivity contribution in [2.24, 2.45) is 5.92 Å². The van der Waals surface area contributed by atoms with Crippen molar-refractivity contribution in [1.82, 2.24) is 15.2 Å². The molecule has 178 valence electrons. The molecule has 0 N–H and O–H groups in total. The van der Waals surface area contributed by atoms with Crippen molar-refractivity contribution in [3.63, 3.8) is 0 Å². The Balaban J connectivity index is 1.86. The molecule has 0 fully saturated rings. The van der Waals surface area contributed by atoms with Crippen LogP contribution in [0.2, 0.25) is 0 Å². The molecule has 1 amide bonds. The van der Waals surface area contributed by atoms with Crippen molar-refractivity contribution in [3.05, 3.63) is 59.2 Å². The Morgan fingerprint density at radius 3 is 2.65 bits per heavy atom. The lowest BCUT2D eigenvalue weighted by Gasteiger charge is -2.31. The normalized spacial score (nSPS) is 14.9. The monoisotopic (exact) mass is 476 g/mol. The molecular weight excluding hydrogens is 444 g/mol. The Hall–Kier alpha value is -2.93. The van der Waals surface area contributed by atoms with Gasteiger partial charge in [0.25, 0.3) is 0 Å². The summed E-state index contributed by atoms with van der Waals surface area (Å²) in [6.45, 7) is 10.5. The van der Waals surface area contributed by atoms with E-state index in [1.54, 1.807) is 16.7 Å². The molecule has 1 aliphatic rings. The third-order valence-corrected chi connectivity index (χ3v) is 6.62. The van der Waals surface area contributed by atoms with Gasteiger partial charge in [-0.2, -0.15) is 4.98 Å². The Kier molecular flexibility index (Phi) is 7.51. The van der Waals surface area contributed by atoms with Crippen LogP contribution < -0.4 is 9.64 Å². The predicted molar refractivity (Wildman–Crippen MR) is 137 cm³/mol. The van der Waals surface area contributed by atoms with Crippen molar-refractivity contribution >= 4 is 23.4 Å². The van der Waals surface area contributed by atoms with Crippen LogP contribution in [0.1, 0.15) is 63.0 Å². The fraction of sp³-hybridized carbons (Fsp3) is 0.407. The molecule has 0 saturated heterocycles. The Morgan fingerprint density at radius 1 is 1.12 bits per heavy atom. The third kappa shape index (κ3) is 5.25. The molecule has 1 atom stereocenters. The van der Waals surface area contributed by atoms with Gasteiger partial charge in [-0.25, -0.2) is 0 Å². The summed E-state index contributed by atoms with van der Waals surface area (Å²) in [5, 5.41) is 9.53. The quantitative estimate of drug-likeness (QED) is 0.362. The van der Waals surface area contributed by atoms with Crippen LogP contribution in [0, 0.1) is 19.8 Å². The summed E-state index contributed by atoms with van der Waals surface area (Å²) in [5.41, 5.74) is 5.22. The molecule has 2 aromatic carbocycles. The third-order valence-electron chi connectivity index (χ3n) is 5.75. The number of aromatic nitrogens is 3. The molecule has 3 aromatic rings. The Bertz CT molecular complexity index is 1180. The average molecular weight is 477 g/mol. The first-order chi connectivity index (χ1) is 16.4. The van der Waals surface area contributed by atoms with Gasteiger partial charge < -0.3 is 4.74 Å². The van der Waals surface area contributed by atoms with Gasteiger partial charge in [-0.3, -0.25) is 9.69 Å². The number of rotatable bonds is 7. The van der Waals surface area contributed by atoms with Crippen LogP contribution in [0.5, 0.6) is 5.88 Å². The standard InChI is InChI=1S/C27H32N4O2S/c1-6-8-23(32)31-22-12-11-19(5)16-21(22)24-25(28-27(30-29-24)34-14-13-17(2)3)33-26(31)20-10-7-9-18(4)15-20/h7,9-12,15-17,26H,6,8,13-14H2,1-5H3/t26-/m1/s1. The lowest BCUT2D eigenvalue weighted by Crippen LogP contribution is -2.37. The summed E-state index contributed by atoms with van der Waals surface area (Å²) < 4.78 is 6.55. The molecule has 34 heavy (non-hydrogen) atoms. The second-order valence-electron chi connectivity index (χ2n) is 9.20. The number of carbonyl (C=O) groups is 1. The van der Waals surface area contributed by atoms with E-state index in [0.29, 0.717) is 29.1 Å². The number of aryl methyl sites for hydroxylation is 2. The maximum absolute atomic E-state index is 13.5. The van der Waals surface area contributed by atoms with Crippen LogP contribution in [0.3, 0.4) is 0 Å². The molecular formula is C27H32N4O2S. The number of fused-ring (bicyclic) bond motifs is 3. The molecule has 0 aliphatic carbocycles. The number of benzene rings is 2. The predicted octanol–water partition coefficient (Wildman–Crippen LogP) is 6.52. The van der Waals surface area contributed by atoms with Crippen LogP contribution in [0.4, 0.5) is 5.69 Å². The van der Waals surface area contributed by atoms with Gasteiger partial charge >= 0.3 is 0 Å². The number of hydrogen-bond acceptors (Lipinski definition) is 6. The van der Waals surface area contributed by atoms with E-state index in [2.05, 4.69) is 30.1 Å². The van der Waals surface area contributed by atoms with Crippen LogP contribution in [-0.4, -0.2) is 26.8 Å². The van der Waals surface area contributed by atoms with Crippen molar-refractivity contribution in [1.29, 1.82) is 0 Å². The molecule has 4 rings (SSSR count). The smallest absolute Gasteiger partial charge is 0.247 e. The lowest BCUT2D eigenvalue weighted by atomic mass is 10.0. The minimum absolute atomic E-state index is 0.00593. The topological polar surface area (TPSA) is 68.2 Å². The number of amides is 1. The van der Waals surface area contributed by atoms with Crippen molar-refractivity contribution < 1.29 is 9.53 Å². The number of ether oxygens (including phenoxy) is 1. The van der Waals surface area contributed by atoms with Crippen molar-refractivity contribution in [2.45, 2.75) is 65.3 Å². The van der Waals surface area contributed by atoms with Gasteiger partial charge in [-0.15, -0.1) is 10.2 Å². The SMILES string of the molecule is CCCC(=O)N1c2ccc(C)cc2-c2nnc(SCCC(C)C)nc2O[C@@H]1c1cccc(C)c1. The number of anilines is 1. The summed E-state index contributed by atoms with van der Waals surface area (Å²) in [4.78, 5) is 20.0. The van der Waals surface area contributed by atoms with Gasteiger partial charge in [0.2, 0.25) is 23.2 Å². The number of hydrogen-bond donors (Lipinski definition) is 0. The minimum atomic E-state index is -0.646. The van der Waals surface area contributed by atoms with Crippen molar-refractivity contribution in [2.75, 3.05) is 10.7 Å². The summed E-state index contributed by atoms with van der Waals surface area (Å²) in [6.07, 6.45) is 1.59. The first-order valence-corrected chi connectivity index (χ1v) is 12.9. The van der Waals surface area contributed by atoms with E-state index in [-0.39, 0.29) is 5.91 Å². The van der Waals surface area contributed by atoms with Crippen LogP contribution >= 0.6 is 11.8 Å². The summed E-state index contributed by atoms with van der Waals surface area (Å²) in [5.74, 6) is 1.94. The molecule has 0 unspecified atom stereocenters. The van der Waals surface area contributed by atoms with E-state index in [4.69, 9.17) is 9.72 Å². The van der Waals surface area contributed by atoms with Gasteiger partial charge in [0.15, 0.2) is 5.69 Å². The average Bonchev–Trinajstić information content (AvgIpc) is 2.93. The van der Waals surface area contributed by atoms with Gasteiger partial charge in [0.1, 0.15) is 0 Å². The van der Waals surface area contributed by atoms with Crippen LogP contribution in [0.15, 0.2) is 47.6 Å². The fourth-order valence-corrected chi connectivity index (χ4v) is 4.99. The van der Waals surface area contributed by atoms with Gasteiger partial charge in [0, 0.05) is 23.3 Å². The van der Waals surface area contributed by atoms with E-state index in [0.717, 1.165) is 46.5 Å².